The molecule has 0 bridgehead atoms. The van der Waals surface area contributed by atoms with Crippen LogP contribution in [-0.2, 0) is 6.42 Å². The van der Waals surface area contributed by atoms with E-state index in [0.717, 1.165) is 36.9 Å². The molecule has 7 nitrogen and oxygen atoms in total. The number of hydrogen-bond acceptors (Lipinski definition) is 5. The van der Waals surface area contributed by atoms with Crippen LogP contribution in [0.3, 0.4) is 0 Å². The minimum Gasteiger partial charge on any atom is -0.340 e. The van der Waals surface area contributed by atoms with Gasteiger partial charge < -0.3 is 9.88 Å². The molecule has 0 saturated carbocycles. The maximum atomic E-state index is 10.5. The molecule has 1 aliphatic heterocycles. The summed E-state index contributed by atoms with van der Waals surface area (Å²) in [5.74, 6) is 0.774. The van der Waals surface area contributed by atoms with Gasteiger partial charge in [0.05, 0.1) is 11.2 Å². The molecule has 140 valence electrons. The van der Waals surface area contributed by atoms with Gasteiger partial charge in [0.15, 0.2) is 11.5 Å². The molecule has 0 atom stereocenters. The van der Waals surface area contributed by atoms with Crippen LogP contribution in [0.25, 0.3) is 11.2 Å². The second kappa shape index (κ2) is 7.64. The molecule has 1 aromatic carbocycles. The molecular formula is C19H21ClN6O. The zero-order valence-electron chi connectivity index (χ0n) is 14.8. The van der Waals surface area contributed by atoms with Gasteiger partial charge in [0.25, 0.3) is 0 Å². The van der Waals surface area contributed by atoms with Crippen molar-refractivity contribution in [1.29, 1.82) is 5.41 Å². The smallest absolute Gasteiger partial charge is 0.178 e. The summed E-state index contributed by atoms with van der Waals surface area (Å²) in [5, 5.41) is 20.2. The van der Waals surface area contributed by atoms with Gasteiger partial charge in [-0.25, -0.2) is 15.0 Å². The van der Waals surface area contributed by atoms with Crippen molar-refractivity contribution in [1.82, 2.24) is 19.9 Å². The van der Waals surface area contributed by atoms with E-state index in [1.807, 2.05) is 0 Å². The number of rotatable bonds is 5. The molecule has 1 saturated heterocycles. The largest absolute Gasteiger partial charge is 0.340 e. The zero-order valence-corrected chi connectivity index (χ0v) is 15.6. The Bertz CT molecular complexity index is 966. The number of amidine groups is 1. The quantitative estimate of drug-likeness (QED) is 0.356. The predicted molar refractivity (Wildman–Crippen MR) is 106 cm³/mol. The first-order valence-electron chi connectivity index (χ1n) is 9.01. The second-order valence-corrected chi connectivity index (χ2v) is 7.12. The van der Waals surface area contributed by atoms with Crippen molar-refractivity contribution in [2.24, 2.45) is 0 Å². The van der Waals surface area contributed by atoms with Crippen molar-refractivity contribution in [3.05, 3.63) is 52.9 Å². The van der Waals surface area contributed by atoms with E-state index in [4.69, 9.17) is 17.0 Å². The Kier molecular flexibility index (Phi) is 5.07. The molecule has 2 aromatic heterocycles. The predicted octanol–water partition coefficient (Wildman–Crippen LogP) is 3.47. The van der Waals surface area contributed by atoms with Crippen molar-refractivity contribution in [2.75, 3.05) is 24.7 Å². The number of aromatic nitrogens is 3. The average molecular weight is 385 g/mol. The summed E-state index contributed by atoms with van der Waals surface area (Å²) < 4.78 is 0. The summed E-state index contributed by atoms with van der Waals surface area (Å²) in [6.45, 7) is 3.25. The molecule has 8 heteroatoms. The van der Waals surface area contributed by atoms with Crippen LogP contribution >= 0.6 is 11.6 Å². The van der Waals surface area contributed by atoms with Crippen LogP contribution in [0.5, 0.6) is 0 Å². The lowest BCUT2D eigenvalue weighted by atomic mass is 10.2. The monoisotopic (exact) mass is 384 g/mol. The van der Waals surface area contributed by atoms with E-state index >= 15 is 0 Å². The van der Waals surface area contributed by atoms with E-state index in [1.54, 1.807) is 36.5 Å². The molecule has 0 unspecified atom stereocenters. The Morgan fingerprint density at radius 3 is 2.89 bits per heavy atom. The topological polar surface area (TPSA) is 92.1 Å². The lowest BCUT2D eigenvalue weighted by molar-refractivity contribution is 0.312. The number of anilines is 1. The fourth-order valence-electron chi connectivity index (χ4n) is 3.40. The lowest BCUT2D eigenvalue weighted by Gasteiger charge is -2.18. The van der Waals surface area contributed by atoms with Gasteiger partial charge in [-0.15, -0.1) is 0 Å². The van der Waals surface area contributed by atoms with E-state index < -0.39 is 0 Å². The third-order valence-corrected chi connectivity index (χ3v) is 5.06. The Morgan fingerprint density at radius 2 is 2.11 bits per heavy atom. The molecule has 0 amide bonds. The van der Waals surface area contributed by atoms with Gasteiger partial charge in [-0.1, -0.05) is 17.7 Å². The van der Waals surface area contributed by atoms with Gasteiger partial charge in [0.1, 0.15) is 5.82 Å². The van der Waals surface area contributed by atoms with Crippen molar-refractivity contribution in [2.45, 2.75) is 19.3 Å². The number of nitrogens with one attached hydrogen (secondary N) is 2. The fraction of sp³-hybridized carbons (Fsp3) is 0.316. The molecule has 3 N–H and O–H groups in total. The minimum atomic E-state index is -0.0700. The van der Waals surface area contributed by atoms with Crippen LogP contribution in [0, 0.1) is 5.41 Å². The SMILES string of the molecule is N=C(c1ccnc2nc(CCN3CCCC3)[nH]c12)N(O)c1cccc(Cl)c1. The molecule has 0 aliphatic carbocycles. The van der Waals surface area contributed by atoms with Crippen molar-refractivity contribution < 1.29 is 5.21 Å². The number of nitrogens with zero attached hydrogens (tertiary/aromatic N) is 4. The molecular weight excluding hydrogens is 364 g/mol. The van der Waals surface area contributed by atoms with Gasteiger partial charge >= 0.3 is 0 Å². The van der Waals surface area contributed by atoms with Crippen LogP contribution in [0.1, 0.15) is 24.2 Å². The molecule has 3 heterocycles. The number of fused-ring (bicyclic) bond motifs is 1. The zero-order chi connectivity index (χ0) is 18.8. The van der Waals surface area contributed by atoms with Crippen molar-refractivity contribution >= 4 is 34.3 Å². The molecule has 27 heavy (non-hydrogen) atoms. The number of likely N-dealkylation sites (tertiary alicyclic amines) is 1. The van der Waals surface area contributed by atoms with E-state index in [0.29, 0.717) is 27.4 Å². The summed E-state index contributed by atoms with van der Waals surface area (Å²) in [6.07, 6.45) is 4.93. The van der Waals surface area contributed by atoms with Crippen molar-refractivity contribution in [3.63, 3.8) is 0 Å². The highest BCUT2D eigenvalue weighted by atomic mass is 35.5. The molecule has 0 spiro atoms. The molecule has 0 radical (unpaired) electrons. The van der Waals surface area contributed by atoms with Crippen LogP contribution in [0.4, 0.5) is 5.69 Å². The second-order valence-electron chi connectivity index (χ2n) is 6.68. The minimum absolute atomic E-state index is 0.0700. The Morgan fingerprint density at radius 1 is 1.30 bits per heavy atom. The van der Waals surface area contributed by atoms with Gasteiger partial charge in [-0.2, -0.15) is 0 Å². The van der Waals surface area contributed by atoms with Gasteiger partial charge in [0.2, 0.25) is 0 Å². The number of imidazole rings is 1. The highest BCUT2D eigenvalue weighted by molar-refractivity contribution is 6.31. The average Bonchev–Trinajstić information content (AvgIpc) is 3.34. The van der Waals surface area contributed by atoms with Gasteiger partial charge in [-0.3, -0.25) is 10.6 Å². The van der Waals surface area contributed by atoms with E-state index in [9.17, 15) is 5.21 Å². The summed E-state index contributed by atoms with van der Waals surface area (Å²) in [6, 6.07) is 8.43. The number of H-pyrrole nitrogens is 1. The fourth-order valence-corrected chi connectivity index (χ4v) is 3.58. The normalized spacial score (nSPS) is 14.7. The Balaban J connectivity index is 1.58. The third kappa shape index (κ3) is 3.80. The van der Waals surface area contributed by atoms with E-state index in [1.165, 1.54) is 12.8 Å². The first-order chi connectivity index (χ1) is 13.1. The maximum Gasteiger partial charge on any atom is 0.178 e. The Hall–Kier alpha value is -2.48. The third-order valence-electron chi connectivity index (χ3n) is 4.82. The number of hydroxylamine groups is 1. The van der Waals surface area contributed by atoms with Gasteiger partial charge in [-0.05, 0) is 50.2 Å². The number of benzene rings is 1. The molecule has 4 rings (SSSR count). The lowest BCUT2D eigenvalue weighted by Crippen LogP contribution is -2.27. The number of aromatic amines is 1. The highest BCUT2D eigenvalue weighted by Crippen LogP contribution is 2.22. The Labute approximate surface area is 162 Å². The standard InChI is InChI=1S/C19H21ClN6O/c20-13-4-3-5-14(12-13)26(27)18(21)15-6-8-22-19-17(15)23-16(24-19)7-11-25-9-1-2-10-25/h3-6,8,12,21,27H,1-2,7,9-11H2,(H,22,23,24). The van der Waals surface area contributed by atoms with Crippen LogP contribution in [-0.4, -0.2) is 50.5 Å². The van der Waals surface area contributed by atoms with Crippen LogP contribution in [0.15, 0.2) is 36.5 Å². The summed E-state index contributed by atoms with van der Waals surface area (Å²) in [5.41, 5.74) is 2.15. The number of hydrogen-bond donors (Lipinski definition) is 3. The van der Waals surface area contributed by atoms with E-state index in [-0.39, 0.29) is 5.84 Å². The van der Waals surface area contributed by atoms with Crippen LogP contribution < -0.4 is 5.06 Å². The summed E-state index contributed by atoms with van der Waals surface area (Å²) in [7, 11) is 0. The summed E-state index contributed by atoms with van der Waals surface area (Å²) >= 11 is 5.99. The number of halogens is 1. The molecule has 1 fully saturated rings. The maximum absolute atomic E-state index is 10.5. The summed E-state index contributed by atoms with van der Waals surface area (Å²) in [4.78, 5) is 14.6. The van der Waals surface area contributed by atoms with Crippen LogP contribution in [0.2, 0.25) is 5.02 Å². The highest BCUT2D eigenvalue weighted by Gasteiger charge is 2.18. The number of pyridine rings is 1. The molecule has 3 aromatic rings. The first kappa shape index (κ1) is 17.9. The van der Waals surface area contributed by atoms with Gasteiger partial charge in [0, 0.05) is 29.7 Å². The van der Waals surface area contributed by atoms with Crippen molar-refractivity contribution in [3.8, 4) is 0 Å². The van der Waals surface area contributed by atoms with E-state index in [2.05, 4.69) is 19.9 Å². The first-order valence-corrected chi connectivity index (χ1v) is 9.39. The molecule has 1 aliphatic rings.